The van der Waals surface area contributed by atoms with Crippen LogP contribution in [0.2, 0.25) is 0 Å². The second-order valence-corrected chi connectivity index (χ2v) is 6.05. The van der Waals surface area contributed by atoms with Crippen LogP contribution in [0.4, 0.5) is 0 Å². The molecule has 3 atom stereocenters. The van der Waals surface area contributed by atoms with Crippen molar-refractivity contribution >= 4 is 17.7 Å². The van der Waals surface area contributed by atoms with Crippen LogP contribution in [0.3, 0.4) is 0 Å². The van der Waals surface area contributed by atoms with Gasteiger partial charge in [-0.05, 0) is 32.9 Å². The summed E-state index contributed by atoms with van der Waals surface area (Å²) in [5, 5.41) is 0. The van der Waals surface area contributed by atoms with Crippen LogP contribution >= 0.6 is 11.8 Å². The van der Waals surface area contributed by atoms with Crippen molar-refractivity contribution in [2.75, 3.05) is 19.1 Å². The Morgan fingerprint density at radius 2 is 2.31 bits per heavy atom. The lowest BCUT2D eigenvalue weighted by molar-refractivity contribution is -0.141. The molecule has 3 unspecified atom stereocenters. The van der Waals surface area contributed by atoms with E-state index in [1.165, 1.54) is 0 Å². The Balaban J connectivity index is 2.69. The fourth-order valence-electron chi connectivity index (χ4n) is 2.41. The summed E-state index contributed by atoms with van der Waals surface area (Å²) >= 11 is 1.77. The number of carbonyl (C=O) groups excluding carboxylic acids is 1. The first-order chi connectivity index (χ1) is 7.43. The second-order valence-electron chi connectivity index (χ2n) is 5.14. The molecule has 0 heterocycles. The monoisotopic (exact) mass is 244 g/mol. The van der Waals surface area contributed by atoms with Crippen molar-refractivity contribution < 1.29 is 4.79 Å². The maximum absolute atomic E-state index is 12.4. The van der Waals surface area contributed by atoms with Gasteiger partial charge in [-0.15, -0.1) is 0 Å². The number of rotatable bonds is 4. The SMILES string of the molecule is CSCC(C)N(C)C(=O)C1(C)CCCC1N. The summed E-state index contributed by atoms with van der Waals surface area (Å²) in [6.07, 6.45) is 5.06. The van der Waals surface area contributed by atoms with E-state index in [1.807, 2.05) is 18.9 Å². The molecule has 0 radical (unpaired) electrons. The standard InChI is InChI=1S/C12H24N2OS/c1-9(8-16-4)14(3)11(15)12(2)7-5-6-10(12)13/h9-10H,5-8,13H2,1-4H3. The topological polar surface area (TPSA) is 46.3 Å². The summed E-state index contributed by atoms with van der Waals surface area (Å²) in [4.78, 5) is 14.3. The van der Waals surface area contributed by atoms with Crippen molar-refractivity contribution in [1.82, 2.24) is 4.90 Å². The summed E-state index contributed by atoms with van der Waals surface area (Å²) in [6.45, 7) is 4.12. The van der Waals surface area contributed by atoms with Crippen LogP contribution in [0.25, 0.3) is 0 Å². The Labute approximate surface area is 103 Å². The molecule has 4 heteroatoms. The minimum Gasteiger partial charge on any atom is -0.342 e. The molecule has 1 saturated carbocycles. The van der Waals surface area contributed by atoms with Crippen molar-refractivity contribution in [3.05, 3.63) is 0 Å². The van der Waals surface area contributed by atoms with E-state index in [0.717, 1.165) is 25.0 Å². The van der Waals surface area contributed by atoms with Gasteiger partial charge in [-0.3, -0.25) is 4.79 Å². The molecule has 0 aromatic rings. The Morgan fingerprint density at radius 1 is 1.69 bits per heavy atom. The summed E-state index contributed by atoms with van der Waals surface area (Å²) in [7, 11) is 1.90. The van der Waals surface area contributed by atoms with Crippen LogP contribution in [-0.2, 0) is 4.79 Å². The van der Waals surface area contributed by atoms with Gasteiger partial charge in [-0.1, -0.05) is 6.42 Å². The number of hydrogen-bond donors (Lipinski definition) is 1. The molecule has 0 saturated heterocycles. The van der Waals surface area contributed by atoms with E-state index in [1.54, 1.807) is 11.8 Å². The number of carbonyl (C=O) groups is 1. The highest BCUT2D eigenvalue weighted by Crippen LogP contribution is 2.38. The molecule has 1 aliphatic rings. The predicted octanol–water partition coefficient (Wildman–Crippen LogP) is 1.71. The molecule has 1 rings (SSSR count). The van der Waals surface area contributed by atoms with Gasteiger partial charge in [-0.2, -0.15) is 11.8 Å². The largest absolute Gasteiger partial charge is 0.342 e. The first-order valence-corrected chi connectivity index (χ1v) is 7.34. The highest BCUT2D eigenvalue weighted by atomic mass is 32.2. The van der Waals surface area contributed by atoms with Gasteiger partial charge in [-0.25, -0.2) is 0 Å². The lowest BCUT2D eigenvalue weighted by Crippen LogP contribution is -2.50. The van der Waals surface area contributed by atoms with Crippen LogP contribution in [-0.4, -0.2) is 41.9 Å². The van der Waals surface area contributed by atoms with Gasteiger partial charge in [0.05, 0.1) is 5.41 Å². The summed E-state index contributed by atoms with van der Waals surface area (Å²) in [6, 6.07) is 0.316. The molecule has 2 N–H and O–H groups in total. The zero-order valence-corrected chi connectivity index (χ0v) is 11.6. The summed E-state index contributed by atoms with van der Waals surface area (Å²) < 4.78 is 0. The number of amides is 1. The van der Waals surface area contributed by atoms with Gasteiger partial charge in [0.15, 0.2) is 0 Å². The average molecular weight is 244 g/mol. The molecule has 0 aliphatic heterocycles. The van der Waals surface area contributed by atoms with Crippen molar-refractivity contribution in [3.8, 4) is 0 Å². The fraction of sp³-hybridized carbons (Fsp3) is 0.917. The molecule has 1 amide bonds. The van der Waals surface area contributed by atoms with Gasteiger partial charge in [0.25, 0.3) is 0 Å². The third kappa shape index (κ3) is 2.54. The number of nitrogens with zero attached hydrogens (tertiary/aromatic N) is 1. The second kappa shape index (κ2) is 5.41. The maximum Gasteiger partial charge on any atom is 0.230 e. The molecule has 0 spiro atoms. The molecule has 0 aromatic heterocycles. The highest BCUT2D eigenvalue weighted by molar-refractivity contribution is 7.98. The average Bonchev–Trinajstić information content (AvgIpc) is 2.59. The highest BCUT2D eigenvalue weighted by Gasteiger charge is 2.44. The first kappa shape index (κ1) is 13.8. The molecule has 1 aliphatic carbocycles. The molecular formula is C12H24N2OS. The van der Waals surface area contributed by atoms with E-state index < -0.39 is 0 Å². The Morgan fingerprint density at radius 3 is 2.75 bits per heavy atom. The summed E-state index contributed by atoms with van der Waals surface area (Å²) in [5.74, 6) is 1.20. The van der Waals surface area contributed by atoms with E-state index in [-0.39, 0.29) is 23.4 Å². The number of thioether (sulfide) groups is 1. The van der Waals surface area contributed by atoms with Gasteiger partial charge >= 0.3 is 0 Å². The third-order valence-corrected chi connectivity index (χ3v) is 4.72. The van der Waals surface area contributed by atoms with Crippen LogP contribution in [0.15, 0.2) is 0 Å². The summed E-state index contributed by atoms with van der Waals surface area (Å²) in [5.41, 5.74) is 5.74. The molecule has 0 aromatic carbocycles. The Kier molecular flexibility index (Phi) is 4.68. The van der Waals surface area contributed by atoms with Crippen molar-refractivity contribution in [3.63, 3.8) is 0 Å². The minimum atomic E-state index is -0.332. The molecule has 16 heavy (non-hydrogen) atoms. The normalized spacial score (nSPS) is 31.4. The quantitative estimate of drug-likeness (QED) is 0.819. The van der Waals surface area contributed by atoms with Gasteiger partial charge in [0.1, 0.15) is 0 Å². The van der Waals surface area contributed by atoms with E-state index in [0.29, 0.717) is 0 Å². The van der Waals surface area contributed by atoms with Crippen LogP contribution in [0.1, 0.15) is 33.1 Å². The van der Waals surface area contributed by atoms with Gasteiger partial charge in [0.2, 0.25) is 5.91 Å². The Hall–Kier alpha value is -0.220. The van der Waals surface area contributed by atoms with E-state index >= 15 is 0 Å². The van der Waals surface area contributed by atoms with E-state index in [4.69, 9.17) is 5.73 Å². The van der Waals surface area contributed by atoms with Crippen molar-refractivity contribution in [2.45, 2.75) is 45.2 Å². The van der Waals surface area contributed by atoms with Gasteiger partial charge in [0, 0.05) is 24.9 Å². The smallest absolute Gasteiger partial charge is 0.230 e. The molecule has 1 fully saturated rings. The minimum absolute atomic E-state index is 0.0314. The molecule has 94 valence electrons. The lowest BCUT2D eigenvalue weighted by Gasteiger charge is -2.35. The lowest BCUT2D eigenvalue weighted by atomic mass is 9.83. The third-order valence-electron chi connectivity index (χ3n) is 3.91. The van der Waals surface area contributed by atoms with Crippen molar-refractivity contribution in [1.29, 1.82) is 0 Å². The predicted molar refractivity (Wildman–Crippen MR) is 70.5 cm³/mol. The van der Waals surface area contributed by atoms with E-state index in [9.17, 15) is 4.79 Å². The maximum atomic E-state index is 12.4. The molecule has 3 nitrogen and oxygen atoms in total. The first-order valence-electron chi connectivity index (χ1n) is 5.95. The molecular weight excluding hydrogens is 220 g/mol. The van der Waals surface area contributed by atoms with Crippen LogP contribution in [0.5, 0.6) is 0 Å². The molecule has 0 bridgehead atoms. The van der Waals surface area contributed by atoms with Crippen LogP contribution < -0.4 is 5.73 Å². The zero-order chi connectivity index (χ0) is 12.3. The van der Waals surface area contributed by atoms with Gasteiger partial charge < -0.3 is 10.6 Å². The van der Waals surface area contributed by atoms with E-state index in [2.05, 4.69) is 13.2 Å². The number of hydrogen-bond acceptors (Lipinski definition) is 3. The Bertz CT molecular complexity index is 259. The fourth-order valence-corrected chi connectivity index (χ4v) is 3.12. The van der Waals surface area contributed by atoms with Crippen LogP contribution in [0, 0.1) is 5.41 Å². The zero-order valence-electron chi connectivity index (χ0n) is 10.8. The van der Waals surface area contributed by atoms with Crippen molar-refractivity contribution in [2.24, 2.45) is 11.1 Å². The number of nitrogens with two attached hydrogens (primary N) is 1.